The smallest absolute Gasteiger partial charge is 0.206 e. The molecule has 2 heterocycles. The van der Waals surface area contributed by atoms with Gasteiger partial charge in [0, 0.05) is 12.6 Å². The molecular formula is C13H18N4S. The number of nitrogens with one attached hydrogen (secondary N) is 1. The second-order valence-electron chi connectivity index (χ2n) is 4.72. The molecule has 0 bridgehead atoms. The van der Waals surface area contributed by atoms with Gasteiger partial charge < -0.3 is 5.32 Å². The zero-order valence-electron chi connectivity index (χ0n) is 10.9. The highest BCUT2D eigenvalue weighted by molar-refractivity contribution is 7.15. The van der Waals surface area contributed by atoms with Crippen molar-refractivity contribution in [2.45, 2.75) is 33.2 Å². The van der Waals surface area contributed by atoms with Crippen molar-refractivity contribution < 1.29 is 0 Å². The molecule has 2 aromatic heterocycles. The van der Waals surface area contributed by atoms with Crippen molar-refractivity contribution in [2.24, 2.45) is 5.92 Å². The summed E-state index contributed by atoms with van der Waals surface area (Å²) in [5, 5.41) is 13.6. The minimum Gasteiger partial charge on any atom is -0.352 e. The van der Waals surface area contributed by atoms with E-state index < -0.39 is 0 Å². The molecule has 2 aromatic rings. The van der Waals surface area contributed by atoms with E-state index in [0.717, 1.165) is 22.3 Å². The molecule has 0 saturated heterocycles. The number of aromatic nitrogens is 3. The molecule has 0 aliphatic heterocycles. The number of rotatable bonds is 5. The van der Waals surface area contributed by atoms with Crippen molar-refractivity contribution in [3.63, 3.8) is 0 Å². The number of pyridine rings is 1. The molecule has 18 heavy (non-hydrogen) atoms. The molecule has 0 amide bonds. The first kappa shape index (κ1) is 13.0. The minimum absolute atomic E-state index is 0.144. The van der Waals surface area contributed by atoms with Crippen molar-refractivity contribution in [2.75, 3.05) is 5.32 Å². The first-order valence-electron chi connectivity index (χ1n) is 6.15. The third-order valence-corrected chi connectivity index (χ3v) is 3.40. The third-order valence-electron chi connectivity index (χ3n) is 2.52. The first-order chi connectivity index (χ1) is 8.65. The summed E-state index contributed by atoms with van der Waals surface area (Å²) in [5.41, 5.74) is 1.01. The summed E-state index contributed by atoms with van der Waals surface area (Å²) in [6.45, 7) is 6.45. The first-order valence-corrected chi connectivity index (χ1v) is 6.96. The van der Waals surface area contributed by atoms with Gasteiger partial charge in [0.05, 0.1) is 11.7 Å². The van der Waals surface area contributed by atoms with Crippen LogP contribution < -0.4 is 5.32 Å². The summed E-state index contributed by atoms with van der Waals surface area (Å²) < 4.78 is 0. The Kier molecular flexibility index (Phi) is 4.25. The monoisotopic (exact) mass is 262 g/mol. The lowest BCUT2D eigenvalue weighted by Crippen LogP contribution is -2.07. The van der Waals surface area contributed by atoms with E-state index >= 15 is 0 Å². The average molecular weight is 262 g/mol. The molecule has 96 valence electrons. The Morgan fingerprint density at radius 1 is 1.22 bits per heavy atom. The Bertz CT molecular complexity index is 481. The second-order valence-corrected chi connectivity index (χ2v) is 5.78. The summed E-state index contributed by atoms with van der Waals surface area (Å²) >= 11 is 1.62. The molecule has 1 N–H and O–H groups in total. The molecule has 5 heteroatoms. The van der Waals surface area contributed by atoms with Crippen LogP contribution in [-0.2, 0) is 6.42 Å². The van der Waals surface area contributed by atoms with Crippen molar-refractivity contribution in [1.82, 2.24) is 15.2 Å². The van der Waals surface area contributed by atoms with Crippen LogP contribution in [0.3, 0.4) is 0 Å². The van der Waals surface area contributed by atoms with Gasteiger partial charge in [0.2, 0.25) is 5.13 Å². The maximum atomic E-state index is 4.32. The van der Waals surface area contributed by atoms with Crippen LogP contribution in [0.4, 0.5) is 5.13 Å². The van der Waals surface area contributed by atoms with Gasteiger partial charge in [0.25, 0.3) is 0 Å². The van der Waals surface area contributed by atoms with Gasteiger partial charge in [-0.3, -0.25) is 4.98 Å². The van der Waals surface area contributed by atoms with Crippen LogP contribution >= 0.6 is 11.3 Å². The molecular weight excluding hydrogens is 244 g/mol. The Labute approximate surface area is 111 Å². The molecule has 0 aromatic carbocycles. The number of nitrogens with zero attached hydrogens (tertiary/aromatic N) is 3. The lowest BCUT2D eigenvalue weighted by atomic mass is 10.1. The zero-order chi connectivity index (χ0) is 13.0. The van der Waals surface area contributed by atoms with E-state index in [9.17, 15) is 0 Å². The quantitative estimate of drug-likeness (QED) is 0.898. The Morgan fingerprint density at radius 3 is 2.72 bits per heavy atom. The zero-order valence-corrected chi connectivity index (χ0v) is 11.7. The maximum Gasteiger partial charge on any atom is 0.206 e. The molecule has 0 spiro atoms. The summed E-state index contributed by atoms with van der Waals surface area (Å²) in [6.07, 6.45) is 2.79. The summed E-state index contributed by atoms with van der Waals surface area (Å²) in [7, 11) is 0. The van der Waals surface area contributed by atoms with Gasteiger partial charge in [-0.2, -0.15) is 0 Å². The van der Waals surface area contributed by atoms with Crippen LogP contribution in [0.1, 0.15) is 37.5 Å². The number of anilines is 1. The van der Waals surface area contributed by atoms with Gasteiger partial charge in [-0.1, -0.05) is 31.3 Å². The number of hydrogen-bond donors (Lipinski definition) is 1. The third kappa shape index (κ3) is 3.50. The van der Waals surface area contributed by atoms with Crippen LogP contribution in [0.2, 0.25) is 0 Å². The Balaban J connectivity index is 1.99. The van der Waals surface area contributed by atoms with Crippen LogP contribution in [0.15, 0.2) is 24.4 Å². The lowest BCUT2D eigenvalue weighted by molar-refractivity contribution is 0.640. The lowest BCUT2D eigenvalue weighted by Gasteiger charge is -2.11. The molecule has 1 atom stereocenters. The van der Waals surface area contributed by atoms with Crippen LogP contribution in [0.5, 0.6) is 0 Å². The fourth-order valence-corrected chi connectivity index (χ4v) is 2.67. The standard InChI is InChI=1S/C13H18N4S/c1-9(2)8-12-16-17-13(18-12)15-10(3)11-6-4-5-7-14-11/h4-7,9-10H,8H2,1-3H3,(H,15,17). The predicted molar refractivity (Wildman–Crippen MR) is 74.7 cm³/mol. The van der Waals surface area contributed by atoms with Gasteiger partial charge in [-0.05, 0) is 25.0 Å². The molecule has 0 saturated carbocycles. The maximum absolute atomic E-state index is 4.32. The van der Waals surface area contributed by atoms with E-state index in [1.807, 2.05) is 18.2 Å². The van der Waals surface area contributed by atoms with E-state index in [1.54, 1.807) is 17.5 Å². The molecule has 0 radical (unpaired) electrons. The summed E-state index contributed by atoms with van der Waals surface area (Å²) in [4.78, 5) is 4.32. The molecule has 0 fully saturated rings. The van der Waals surface area contributed by atoms with Crippen LogP contribution in [-0.4, -0.2) is 15.2 Å². The van der Waals surface area contributed by atoms with E-state index in [2.05, 4.69) is 41.3 Å². The summed E-state index contributed by atoms with van der Waals surface area (Å²) in [5.74, 6) is 0.610. The van der Waals surface area contributed by atoms with E-state index in [4.69, 9.17) is 0 Å². The van der Waals surface area contributed by atoms with Crippen molar-refractivity contribution >= 4 is 16.5 Å². The largest absolute Gasteiger partial charge is 0.352 e. The fourth-order valence-electron chi connectivity index (χ4n) is 1.63. The average Bonchev–Trinajstić information content (AvgIpc) is 2.76. The van der Waals surface area contributed by atoms with Crippen molar-refractivity contribution in [3.8, 4) is 0 Å². The van der Waals surface area contributed by atoms with E-state index in [1.165, 1.54) is 0 Å². The Hall–Kier alpha value is -1.49. The normalized spacial score (nSPS) is 12.7. The topological polar surface area (TPSA) is 50.7 Å². The predicted octanol–water partition coefficient (Wildman–Crippen LogP) is 3.30. The van der Waals surface area contributed by atoms with Gasteiger partial charge in [-0.25, -0.2) is 0 Å². The van der Waals surface area contributed by atoms with E-state index in [0.29, 0.717) is 5.92 Å². The Morgan fingerprint density at radius 2 is 2.06 bits per heavy atom. The second kappa shape index (κ2) is 5.91. The molecule has 0 aliphatic rings. The highest BCUT2D eigenvalue weighted by Gasteiger charge is 2.10. The molecule has 0 aliphatic carbocycles. The van der Waals surface area contributed by atoms with Crippen molar-refractivity contribution in [3.05, 3.63) is 35.1 Å². The van der Waals surface area contributed by atoms with Gasteiger partial charge in [0.15, 0.2) is 0 Å². The number of hydrogen-bond acceptors (Lipinski definition) is 5. The van der Waals surface area contributed by atoms with Gasteiger partial charge in [-0.15, -0.1) is 10.2 Å². The van der Waals surface area contributed by atoms with Crippen molar-refractivity contribution in [1.29, 1.82) is 0 Å². The van der Waals surface area contributed by atoms with Crippen LogP contribution in [0.25, 0.3) is 0 Å². The fraction of sp³-hybridized carbons (Fsp3) is 0.462. The van der Waals surface area contributed by atoms with E-state index in [-0.39, 0.29) is 6.04 Å². The molecule has 4 nitrogen and oxygen atoms in total. The van der Waals surface area contributed by atoms with Crippen LogP contribution in [0, 0.1) is 5.92 Å². The minimum atomic E-state index is 0.144. The highest BCUT2D eigenvalue weighted by atomic mass is 32.1. The van der Waals surface area contributed by atoms with Gasteiger partial charge in [0.1, 0.15) is 5.01 Å². The molecule has 1 unspecified atom stereocenters. The SMILES string of the molecule is CC(C)Cc1nnc(NC(C)c2ccccn2)s1. The molecule has 2 rings (SSSR count). The van der Waals surface area contributed by atoms with Gasteiger partial charge >= 0.3 is 0 Å². The highest BCUT2D eigenvalue weighted by Crippen LogP contribution is 2.22. The summed E-state index contributed by atoms with van der Waals surface area (Å²) in [6, 6.07) is 6.06.